The van der Waals surface area contributed by atoms with E-state index in [0.717, 1.165) is 35.5 Å². The number of hydrogen-bond donors (Lipinski definition) is 2. The molecule has 5 heteroatoms. The van der Waals surface area contributed by atoms with Crippen molar-refractivity contribution in [1.29, 1.82) is 0 Å². The van der Waals surface area contributed by atoms with Gasteiger partial charge < -0.3 is 15.2 Å². The van der Waals surface area contributed by atoms with Crippen molar-refractivity contribution in [3.63, 3.8) is 0 Å². The highest BCUT2D eigenvalue weighted by molar-refractivity contribution is 5.60. The quantitative estimate of drug-likeness (QED) is 0.840. The minimum atomic E-state index is 0.138. The van der Waals surface area contributed by atoms with Gasteiger partial charge in [0.1, 0.15) is 12.4 Å². The van der Waals surface area contributed by atoms with Crippen LogP contribution in [0.15, 0.2) is 36.8 Å². The molecule has 1 fully saturated rings. The number of rotatable bonds is 6. The van der Waals surface area contributed by atoms with Crippen LogP contribution < -0.4 is 10.1 Å². The highest BCUT2D eigenvalue weighted by Gasteiger charge is 2.16. The Morgan fingerprint density at radius 1 is 1.33 bits per heavy atom. The summed E-state index contributed by atoms with van der Waals surface area (Å²) in [6.45, 7) is 1.89. The third-order valence-electron chi connectivity index (χ3n) is 3.61. The molecule has 21 heavy (non-hydrogen) atoms. The molecule has 2 aromatic heterocycles. The smallest absolute Gasteiger partial charge is 0.138 e. The SMILES string of the molecule is OCCc1ccnc(-c2cncc(OC[C@@H]3CCN3)c2)c1. The van der Waals surface area contributed by atoms with Crippen molar-refractivity contribution >= 4 is 0 Å². The van der Waals surface area contributed by atoms with Gasteiger partial charge in [0.2, 0.25) is 0 Å². The first-order chi connectivity index (χ1) is 10.3. The molecule has 0 aromatic carbocycles. The standard InChI is InChI=1S/C16H19N3O2/c20-6-3-12-1-4-19-16(7-12)13-8-15(10-17-9-13)21-11-14-2-5-18-14/h1,4,7-10,14,18,20H,2-3,5-6,11H2/t14-/m0/s1. The molecule has 1 aliphatic rings. The molecule has 5 nitrogen and oxygen atoms in total. The molecular formula is C16H19N3O2. The van der Waals surface area contributed by atoms with E-state index in [0.29, 0.717) is 19.1 Å². The molecule has 0 spiro atoms. The molecule has 1 aliphatic heterocycles. The van der Waals surface area contributed by atoms with Crippen LogP contribution in [-0.4, -0.2) is 40.9 Å². The normalized spacial score (nSPS) is 17.3. The van der Waals surface area contributed by atoms with E-state index in [1.807, 2.05) is 18.2 Å². The number of nitrogens with zero attached hydrogens (tertiary/aromatic N) is 2. The summed E-state index contributed by atoms with van der Waals surface area (Å²) in [5.41, 5.74) is 2.84. The minimum absolute atomic E-state index is 0.138. The number of nitrogens with one attached hydrogen (secondary N) is 1. The van der Waals surface area contributed by atoms with Crippen molar-refractivity contribution in [2.24, 2.45) is 0 Å². The van der Waals surface area contributed by atoms with Crippen LogP contribution in [-0.2, 0) is 6.42 Å². The van der Waals surface area contributed by atoms with Crippen LogP contribution in [0.1, 0.15) is 12.0 Å². The van der Waals surface area contributed by atoms with Crippen LogP contribution in [0.2, 0.25) is 0 Å². The molecule has 0 radical (unpaired) electrons. The Morgan fingerprint density at radius 3 is 3.00 bits per heavy atom. The van der Waals surface area contributed by atoms with E-state index in [1.165, 1.54) is 0 Å². The van der Waals surface area contributed by atoms with Crippen molar-refractivity contribution in [1.82, 2.24) is 15.3 Å². The lowest BCUT2D eigenvalue weighted by Crippen LogP contribution is -2.46. The second-order valence-corrected chi connectivity index (χ2v) is 5.18. The number of pyridine rings is 2. The Bertz CT molecular complexity index is 600. The number of ether oxygens (including phenoxy) is 1. The Hall–Kier alpha value is -1.98. The second kappa shape index (κ2) is 6.65. The average Bonchev–Trinajstić information content (AvgIpc) is 2.47. The van der Waals surface area contributed by atoms with Crippen LogP contribution in [0.3, 0.4) is 0 Å². The van der Waals surface area contributed by atoms with Crippen LogP contribution >= 0.6 is 0 Å². The monoisotopic (exact) mass is 285 g/mol. The zero-order valence-corrected chi connectivity index (χ0v) is 11.8. The van der Waals surface area contributed by atoms with Crippen molar-refractivity contribution in [3.8, 4) is 17.0 Å². The summed E-state index contributed by atoms with van der Waals surface area (Å²) in [6, 6.07) is 6.30. The van der Waals surface area contributed by atoms with Crippen molar-refractivity contribution in [3.05, 3.63) is 42.4 Å². The number of hydrogen-bond acceptors (Lipinski definition) is 5. The summed E-state index contributed by atoms with van der Waals surface area (Å²) in [4.78, 5) is 8.59. The lowest BCUT2D eigenvalue weighted by Gasteiger charge is -2.27. The van der Waals surface area contributed by atoms with Gasteiger partial charge in [-0.05, 0) is 43.1 Å². The molecule has 0 aliphatic carbocycles. The fourth-order valence-electron chi connectivity index (χ4n) is 2.24. The predicted octanol–water partition coefficient (Wildman–Crippen LogP) is 1.42. The maximum atomic E-state index is 9.02. The van der Waals surface area contributed by atoms with Gasteiger partial charge in [-0.3, -0.25) is 9.97 Å². The van der Waals surface area contributed by atoms with Gasteiger partial charge in [-0.2, -0.15) is 0 Å². The number of aliphatic hydroxyl groups excluding tert-OH is 1. The van der Waals surface area contributed by atoms with Crippen molar-refractivity contribution < 1.29 is 9.84 Å². The molecule has 0 bridgehead atoms. The van der Waals surface area contributed by atoms with E-state index in [2.05, 4.69) is 15.3 Å². The second-order valence-electron chi connectivity index (χ2n) is 5.18. The maximum Gasteiger partial charge on any atom is 0.138 e. The fourth-order valence-corrected chi connectivity index (χ4v) is 2.24. The van der Waals surface area contributed by atoms with Crippen LogP contribution in [0.5, 0.6) is 5.75 Å². The lowest BCUT2D eigenvalue weighted by molar-refractivity contribution is 0.217. The molecule has 3 rings (SSSR count). The lowest BCUT2D eigenvalue weighted by atomic mass is 10.1. The maximum absolute atomic E-state index is 9.02. The fraction of sp³-hybridized carbons (Fsp3) is 0.375. The highest BCUT2D eigenvalue weighted by atomic mass is 16.5. The first-order valence-electron chi connectivity index (χ1n) is 7.22. The molecule has 3 heterocycles. The molecular weight excluding hydrogens is 266 g/mol. The van der Waals surface area contributed by atoms with E-state index < -0.39 is 0 Å². The van der Waals surface area contributed by atoms with Gasteiger partial charge in [0.05, 0.1) is 11.9 Å². The zero-order valence-electron chi connectivity index (χ0n) is 11.8. The Balaban J connectivity index is 1.73. The van der Waals surface area contributed by atoms with E-state index in [-0.39, 0.29) is 6.61 Å². The average molecular weight is 285 g/mol. The van der Waals surface area contributed by atoms with Gasteiger partial charge in [0.25, 0.3) is 0 Å². The van der Waals surface area contributed by atoms with E-state index in [1.54, 1.807) is 18.6 Å². The van der Waals surface area contributed by atoms with Crippen LogP contribution in [0.25, 0.3) is 11.3 Å². The first-order valence-corrected chi connectivity index (χ1v) is 7.22. The van der Waals surface area contributed by atoms with Crippen molar-refractivity contribution in [2.45, 2.75) is 18.9 Å². The van der Waals surface area contributed by atoms with Gasteiger partial charge in [-0.25, -0.2) is 0 Å². The molecule has 1 saturated heterocycles. The molecule has 1 atom stereocenters. The molecule has 110 valence electrons. The summed E-state index contributed by atoms with van der Waals surface area (Å²) in [7, 11) is 0. The van der Waals surface area contributed by atoms with Crippen molar-refractivity contribution in [2.75, 3.05) is 19.8 Å². The first kappa shape index (κ1) is 14.0. The Kier molecular flexibility index (Phi) is 4.43. The Morgan fingerprint density at radius 2 is 2.24 bits per heavy atom. The summed E-state index contributed by atoms with van der Waals surface area (Å²) < 4.78 is 5.76. The summed E-state index contributed by atoms with van der Waals surface area (Å²) in [6.07, 6.45) is 7.05. The molecule has 0 amide bonds. The highest BCUT2D eigenvalue weighted by Crippen LogP contribution is 2.22. The largest absolute Gasteiger partial charge is 0.490 e. The molecule has 2 aromatic rings. The van der Waals surface area contributed by atoms with E-state index >= 15 is 0 Å². The minimum Gasteiger partial charge on any atom is -0.490 e. The summed E-state index contributed by atoms with van der Waals surface area (Å²) in [5.74, 6) is 0.760. The zero-order chi connectivity index (χ0) is 14.5. The van der Waals surface area contributed by atoms with Gasteiger partial charge in [0.15, 0.2) is 0 Å². The third kappa shape index (κ3) is 3.56. The van der Waals surface area contributed by atoms with E-state index in [4.69, 9.17) is 9.84 Å². The predicted molar refractivity (Wildman–Crippen MR) is 80.2 cm³/mol. The molecule has 0 saturated carbocycles. The van der Waals surface area contributed by atoms with Gasteiger partial charge in [-0.15, -0.1) is 0 Å². The van der Waals surface area contributed by atoms with Crippen LogP contribution in [0, 0.1) is 0 Å². The topological polar surface area (TPSA) is 67.3 Å². The van der Waals surface area contributed by atoms with Gasteiger partial charge in [-0.1, -0.05) is 0 Å². The molecule has 2 N–H and O–H groups in total. The summed E-state index contributed by atoms with van der Waals surface area (Å²) in [5, 5.41) is 12.3. The van der Waals surface area contributed by atoms with Gasteiger partial charge in [0, 0.05) is 30.6 Å². The summed E-state index contributed by atoms with van der Waals surface area (Å²) >= 11 is 0. The molecule has 0 unspecified atom stereocenters. The number of aromatic nitrogens is 2. The van der Waals surface area contributed by atoms with E-state index in [9.17, 15) is 0 Å². The third-order valence-corrected chi connectivity index (χ3v) is 3.61. The number of aliphatic hydroxyl groups is 1. The van der Waals surface area contributed by atoms with Gasteiger partial charge >= 0.3 is 0 Å². The van der Waals surface area contributed by atoms with Crippen LogP contribution in [0.4, 0.5) is 0 Å². The Labute approximate surface area is 124 Å².